The number of carbonyl (C=O) groups excluding carboxylic acids is 1. The molecule has 0 saturated heterocycles. The molecular weight excluding hydrogens is 242 g/mol. The second-order valence-corrected chi connectivity index (χ2v) is 4.55. The lowest BCUT2D eigenvalue weighted by atomic mass is 10.1. The summed E-state index contributed by atoms with van der Waals surface area (Å²) >= 11 is 0. The van der Waals surface area contributed by atoms with Crippen molar-refractivity contribution in [2.24, 2.45) is 5.73 Å². The Morgan fingerprint density at radius 1 is 1.42 bits per heavy atom. The summed E-state index contributed by atoms with van der Waals surface area (Å²) in [6.45, 7) is 0.832. The normalized spacial score (nSPS) is 14.3. The number of carbonyl (C=O) groups is 1. The first-order valence-electron chi connectivity index (χ1n) is 6.33. The number of nitrogens with zero attached hydrogens (tertiary/aromatic N) is 3. The van der Waals surface area contributed by atoms with Crippen molar-refractivity contribution in [3.8, 4) is 11.3 Å². The minimum Gasteiger partial charge on any atom is -0.370 e. The van der Waals surface area contributed by atoms with Crippen molar-refractivity contribution < 1.29 is 4.79 Å². The van der Waals surface area contributed by atoms with Crippen molar-refractivity contribution in [1.82, 2.24) is 14.8 Å². The van der Waals surface area contributed by atoms with E-state index in [9.17, 15) is 4.79 Å². The van der Waals surface area contributed by atoms with E-state index < -0.39 is 6.03 Å². The maximum Gasteiger partial charge on any atom is 0.341 e. The first-order chi connectivity index (χ1) is 9.27. The molecule has 1 aliphatic heterocycles. The van der Waals surface area contributed by atoms with Gasteiger partial charge in [0.25, 0.3) is 0 Å². The van der Waals surface area contributed by atoms with E-state index in [-0.39, 0.29) is 0 Å². The molecule has 0 spiro atoms. The lowest BCUT2D eigenvalue weighted by Crippen LogP contribution is -2.23. The standard InChI is InChI=1S/C13H15N5O/c14-13(19)18-12-10(5-1-2-7-16-12)11(17-18)9-4-3-6-15-8-9/h3-4,6,8,16H,1-2,5,7H2,(H2,14,19). The molecule has 2 aromatic rings. The van der Waals surface area contributed by atoms with E-state index in [1.165, 1.54) is 4.68 Å². The van der Waals surface area contributed by atoms with Crippen LogP contribution in [-0.2, 0) is 6.42 Å². The van der Waals surface area contributed by atoms with Crippen molar-refractivity contribution in [1.29, 1.82) is 0 Å². The molecule has 0 fully saturated rings. The van der Waals surface area contributed by atoms with Crippen LogP contribution in [0.5, 0.6) is 0 Å². The number of amides is 1. The van der Waals surface area contributed by atoms with Gasteiger partial charge in [0.1, 0.15) is 5.82 Å². The average molecular weight is 257 g/mol. The molecule has 2 aromatic heterocycles. The van der Waals surface area contributed by atoms with Crippen molar-refractivity contribution in [2.45, 2.75) is 19.3 Å². The summed E-state index contributed by atoms with van der Waals surface area (Å²) in [6.07, 6.45) is 6.49. The molecule has 1 amide bonds. The quantitative estimate of drug-likeness (QED) is 0.812. The fourth-order valence-electron chi connectivity index (χ4n) is 2.40. The van der Waals surface area contributed by atoms with Crippen LogP contribution in [-0.4, -0.2) is 27.3 Å². The number of nitrogens with two attached hydrogens (primary N) is 1. The smallest absolute Gasteiger partial charge is 0.341 e. The zero-order chi connectivity index (χ0) is 13.2. The zero-order valence-corrected chi connectivity index (χ0v) is 10.5. The number of anilines is 1. The van der Waals surface area contributed by atoms with E-state index in [4.69, 9.17) is 5.73 Å². The maximum absolute atomic E-state index is 11.5. The highest BCUT2D eigenvalue weighted by atomic mass is 16.2. The molecule has 98 valence electrons. The van der Waals surface area contributed by atoms with Crippen LogP contribution in [0.15, 0.2) is 24.5 Å². The molecule has 1 aliphatic rings. The highest BCUT2D eigenvalue weighted by Crippen LogP contribution is 2.31. The lowest BCUT2D eigenvalue weighted by molar-refractivity contribution is 0.248. The molecule has 3 heterocycles. The third-order valence-corrected chi connectivity index (χ3v) is 3.27. The Labute approximate surface area is 110 Å². The number of rotatable bonds is 1. The van der Waals surface area contributed by atoms with Gasteiger partial charge >= 0.3 is 6.03 Å². The van der Waals surface area contributed by atoms with Crippen LogP contribution >= 0.6 is 0 Å². The summed E-state index contributed by atoms with van der Waals surface area (Å²) in [7, 11) is 0. The predicted octanol–water partition coefficient (Wildman–Crippen LogP) is 1.62. The summed E-state index contributed by atoms with van der Waals surface area (Å²) in [6, 6.07) is 3.22. The predicted molar refractivity (Wildman–Crippen MR) is 71.9 cm³/mol. The van der Waals surface area contributed by atoms with E-state index in [1.54, 1.807) is 12.4 Å². The van der Waals surface area contributed by atoms with Crippen LogP contribution in [0.25, 0.3) is 11.3 Å². The van der Waals surface area contributed by atoms with Crippen LogP contribution in [0, 0.1) is 0 Å². The molecular formula is C13H15N5O. The molecule has 19 heavy (non-hydrogen) atoms. The van der Waals surface area contributed by atoms with Gasteiger partial charge in [-0.25, -0.2) is 4.79 Å². The molecule has 6 nitrogen and oxygen atoms in total. The van der Waals surface area contributed by atoms with E-state index in [1.807, 2.05) is 12.1 Å². The van der Waals surface area contributed by atoms with Gasteiger partial charge in [-0.05, 0) is 31.4 Å². The van der Waals surface area contributed by atoms with Gasteiger partial charge in [0, 0.05) is 30.1 Å². The molecule has 0 unspecified atom stereocenters. The van der Waals surface area contributed by atoms with Crippen molar-refractivity contribution >= 4 is 11.8 Å². The topological polar surface area (TPSA) is 85.8 Å². The molecule has 0 aliphatic carbocycles. The second kappa shape index (κ2) is 4.72. The summed E-state index contributed by atoms with van der Waals surface area (Å²) in [5.74, 6) is 0.726. The van der Waals surface area contributed by atoms with Crippen LogP contribution in [0.4, 0.5) is 10.6 Å². The van der Waals surface area contributed by atoms with Crippen molar-refractivity contribution in [3.63, 3.8) is 0 Å². The molecule has 0 radical (unpaired) electrons. The molecule has 3 N–H and O–H groups in total. The highest BCUT2D eigenvalue weighted by molar-refractivity contribution is 5.82. The van der Waals surface area contributed by atoms with Crippen LogP contribution < -0.4 is 11.1 Å². The second-order valence-electron chi connectivity index (χ2n) is 4.55. The Morgan fingerprint density at radius 3 is 3.05 bits per heavy atom. The van der Waals surface area contributed by atoms with Gasteiger partial charge in [0.2, 0.25) is 0 Å². The Kier molecular flexibility index (Phi) is 2.91. The van der Waals surface area contributed by atoms with Gasteiger partial charge in [-0.3, -0.25) is 4.98 Å². The zero-order valence-electron chi connectivity index (χ0n) is 10.5. The summed E-state index contributed by atoms with van der Waals surface area (Å²) < 4.78 is 1.25. The summed E-state index contributed by atoms with van der Waals surface area (Å²) in [5, 5.41) is 7.59. The largest absolute Gasteiger partial charge is 0.370 e. The first-order valence-corrected chi connectivity index (χ1v) is 6.33. The van der Waals surface area contributed by atoms with Gasteiger partial charge in [0.15, 0.2) is 0 Å². The number of aromatic nitrogens is 3. The highest BCUT2D eigenvalue weighted by Gasteiger charge is 2.22. The summed E-state index contributed by atoms with van der Waals surface area (Å²) in [5.41, 5.74) is 8.13. The van der Waals surface area contributed by atoms with Crippen LogP contribution in [0.3, 0.4) is 0 Å². The van der Waals surface area contributed by atoms with Crippen LogP contribution in [0.2, 0.25) is 0 Å². The SMILES string of the molecule is NC(=O)n1nc(-c2cccnc2)c2c1NCCCC2. The monoisotopic (exact) mass is 257 g/mol. The fraction of sp³-hybridized carbons (Fsp3) is 0.308. The van der Waals surface area contributed by atoms with E-state index >= 15 is 0 Å². The molecule has 3 rings (SSSR count). The Bertz CT molecular complexity index is 605. The number of nitrogens with one attached hydrogen (secondary N) is 1. The molecule has 0 atom stereocenters. The van der Waals surface area contributed by atoms with Crippen LogP contribution in [0.1, 0.15) is 18.4 Å². The molecule has 6 heteroatoms. The molecule has 0 saturated carbocycles. The minimum absolute atomic E-state index is 0.569. The van der Waals surface area contributed by atoms with E-state index in [0.717, 1.165) is 48.4 Å². The Balaban J connectivity index is 2.17. The number of primary amides is 1. The van der Waals surface area contributed by atoms with E-state index in [0.29, 0.717) is 0 Å². The van der Waals surface area contributed by atoms with Crippen molar-refractivity contribution in [3.05, 3.63) is 30.1 Å². The first kappa shape index (κ1) is 11.7. The number of fused-ring (bicyclic) bond motifs is 1. The third-order valence-electron chi connectivity index (χ3n) is 3.27. The fourth-order valence-corrected chi connectivity index (χ4v) is 2.40. The number of pyridine rings is 1. The lowest BCUT2D eigenvalue weighted by Gasteiger charge is -2.04. The maximum atomic E-state index is 11.5. The van der Waals surface area contributed by atoms with Gasteiger partial charge in [-0.1, -0.05) is 0 Å². The van der Waals surface area contributed by atoms with Gasteiger partial charge in [-0.2, -0.15) is 9.78 Å². The molecule has 0 aromatic carbocycles. The van der Waals surface area contributed by atoms with E-state index in [2.05, 4.69) is 15.4 Å². The summed E-state index contributed by atoms with van der Waals surface area (Å²) in [4.78, 5) is 15.6. The van der Waals surface area contributed by atoms with Gasteiger partial charge < -0.3 is 11.1 Å². The Morgan fingerprint density at radius 2 is 2.32 bits per heavy atom. The number of hydrogen-bond donors (Lipinski definition) is 2. The third kappa shape index (κ3) is 2.05. The molecule has 0 bridgehead atoms. The van der Waals surface area contributed by atoms with Gasteiger partial charge in [0.05, 0.1) is 5.69 Å². The number of hydrogen-bond acceptors (Lipinski definition) is 4. The average Bonchev–Trinajstić information content (AvgIpc) is 2.62. The Hall–Kier alpha value is -2.37. The van der Waals surface area contributed by atoms with Crippen molar-refractivity contribution in [2.75, 3.05) is 11.9 Å². The minimum atomic E-state index is -0.569. The van der Waals surface area contributed by atoms with Gasteiger partial charge in [-0.15, -0.1) is 0 Å².